The van der Waals surface area contributed by atoms with Gasteiger partial charge in [0.15, 0.2) is 0 Å². The quantitative estimate of drug-likeness (QED) is 0.635. The number of rotatable bonds is 0. The van der Waals surface area contributed by atoms with E-state index in [1.165, 1.54) is 0 Å². The van der Waals surface area contributed by atoms with Crippen molar-refractivity contribution in [3.63, 3.8) is 0 Å². The Morgan fingerprint density at radius 3 is 2.13 bits per heavy atom. The van der Waals surface area contributed by atoms with Crippen LogP contribution in [-0.2, 0) is 19.1 Å². The summed E-state index contributed by atoms with van der Waals surface area (Å²) in [4.78, 5) is 23.7. The molecule has 0 N–H and O–H groups in total. The van der Waals surface area contributed by atoms with Crippen molar-refractivity contribution in [2.45, 2.75) is 96.9 Å². The summed E-state index contributed by atoms with van der Waals surface area (Å²) in [5.74, 6) is 0.529. The van der Waals surface area contributed by atoms with Crippen molar-refractivity contribution >= 4 is 11.6 Å². The number of carbonyl (C=O) groups is 2. The van der Waals surface area contributed by atoms with E-state index < -0.39 is 0 Å². The number of ether oxygens (including phenoxy) is 2. The van der Waals surface area contributed by atoms with Crippen molar-refractivity contribution in [2.24, 2.45) is 5.41 Å². The molecule has 2 heterocycles. The van der Waals surface area contributed by atoms with Gasteiger partial charge in [0, 0.05) is 37.7 Å². The molecule has 132 valence electrons. The van der Waals surface area contributed by atoms with E-state index in [9.17, 15) is 9.59 Å². The zero-order valence-corrected chi connectivity index (χ0v) is 15.2. The Kier molecular flexibility index (Phi) is 6.01. The Bertz CT molecular complexity index is 443. The predicted molar refractivity (Wildman–Crippen MR) is 89.4 cm³/mol. The highest BCUT2D eigenvalue weighted by Gasteiger charge is 2.62. The van der Waals surface area contributed by atoms with Crippen molar-refractivity contribution in [1.29, 1.82) is 0 Å². The molecular formula is C19H32O4. The minimum Gasteiger partial charge on any atom is -0.378 e. The van der Waals surface area contributed by atoms with Crippen LogP contribution in [0.3, 0.4) is 0 Å². The Morgan fingerprint density at radius 1 is 0.913 bits per heavy atom. The van der Waals surface area contributed by atoms with Crippen LogP contribution in [0.2, 0.25) is 0 Å². The van der Waals surface area contributed by atoms with Gasteiger partial charge in [0.2, 0.25) is 0 Å². The fourth-order valence-corrected chi connectivity index (χ4v) is 3.52. The zero-order chi connectivity index (χ0) is 17.1. The zero-order valence-electron chi connectivity index (χ0n) is 15.2. The third-order valence-electron chi connectivity index (χ3n) is 6.04. The number of carbonyl (C=O) groups excluding carboxylic acids is 2. The van der Waals surface area contributed by atoms with Crippen LogP contribution < -0.4 is 0 Å². The van der Waals surface area contributed by atoms with Gasteiger partial charge in [-0.3, -0.25) is 9.59 Å². The first-order valence-electron chi connectivity index (χ1n) is 9.10. The van der Waals surface area contributed by atoms with Crippen LogP contribution in [-0.4, -0.2) is 36.0 Å². The lowest BCUT2D eigenvalue weighted by atomic mass is 9.73. The van der Waals surface area contributed by atoms with Gasteiger partial charge in [-0.25, -0.2) is 0 Å². The second kappa shape index (κ2) is 7.43. The molecule has 2 saturated heterocycles. The summed E-state index contributed by atoms with van der Waals surface area (Å²) in [6.45, 7) is 9.24. The SMILES string of the molecule is CC1OCCCC(=O)CCCC(=O)CCCC2OC2(C)C1(C)C. The molecule has 0 aromatic carbocycles. The van der Waals surface area contributed by atoms with Gasteiger partial charge in [0.1, 0.15) is 11.6 Å². The minimum atomic E-state index is -0.178. The van der Waals surface area contributed by atoms with Crippen molar-refractivity contribution in [3.8, 4) is 0 Å². The smallest absolute Gasteiger partial charge is 0.133 e. The van der Waals surface area contributed by atoms with Crippen molar-refractivity contribution < 1.29 is 19.1 Å². The van der Waals surface area contributed by atoms with Crippen molar-refractivity contribution in [2.75, 3.05) is 6.61 Å². The highest BCUT2D eigenvalue weighted by molar-refractivity contribution is 5.81. The van der Waals surface area contributed by atoms with Gasteiger partial charge in [0.05, 0.1) is 17.8 Å². The standard InChI is InChI=1S/C19H32O4/c1-14-18(2,3)19(4)17(23-19)12-6-10-15(20)8-5-9-16(21)11-7-13-22-14/h14,17H,5-13H2,1-4H3. The van der Waals surface area contributed by atoms with E-state index in [2.05, 4.69) is 27.7 Å². The van der Waals surface area contributed by atoms with E-state index in [0.717, 1.165) is 19.3 Å². The summed E-state index contributed by atoms with van der Waals surface area (Å²) in [7, 11) is 0. The van der Waals surface area contributed by atoms with Crippen LogP contribution in [0.15, 0.2) is 0 Å². The Hall–Kier alpha value is -0.740. The second-order valence-corrected chi connectivity index (χ2v) is 7.87. The summed E-state index contributed by atoms with van der Waals surface area (Å²) >= 11 is 0. The molecule has 2 aliphatic rings. The van der Waals surface area contributed by atoms with Crippen LogP contribution >= 0.6 is 0 Å². The molecule has 0 saturated carbocycles. The van der Waals surface area contributed by atoms with E-state index in [4.69, 9.17) is 9.47 Å². The molecule has 2 fully saturated rings. The number of hydrogen-bond acceptors (Lipinski definition) is 4. The fraction of sp³-hybridized carbons (Fsp3) is 0.895. The summed E-state index contributed by atoms with van der Waals surface area (Å²) < 4.78 is 12.0. The summed E-state index contributed by atoms with van der Waals surface area (Å²) in [6.07, 6.45) is 5.77. The van der Waals surface area contributed by atoms with Gasteiger partial charge in [-0.15, -0.1) is 0 Å². The van der Waals surface area contributed by atoms with Crippen molar-refractivity contribution in [3.05, 3.63) is 0 Å². The molecule has 2 rings (SSSR count). The van der Waals surface area contributed by atoms with Gasteiger partial charge in [0.25, 0.3) is 0 Å². The number of epoxide rings is 1. The highest BCUT2D eigenvalue weighted by atomic mass is 16.6. The second-order valence-electron chi connectivity index (χ2n) is 7.87. The molecule has 23 heavy (non-hydrogen) atoms. The van der Waals surface area contributed by atoms with Gasteiger partial charge >= 0.3 is 0 Å². The first-order valence-corrected chi connectivity index (χ1v) is 9.10. The van der Waals surface area contributed by atoms with E-state index in [-0.39, 0.29) is 34.8 Å². The van der Waals surface area contributed by atoms with Crippen LogP contribution in [0, 0.1) is 5.41 Å². The van der Waals surface area contributed by atoms with E-state index in [0.29, 0.717) is 38.7 Å². The molecule has 3 unspecified atom stereocenters. The normalized spacial score (nSPS) is 37.2. The lowest BCUT2D eigenvalue weighted by Gasteiger charge is -2.36. The van der Waals surface area contributed by atoms with Gasteiger partial charge < -0.3 is 9.47 Å². The molecule has 4 heteroatoms. The lowest BCUT2D eigenvalue weighted by Crippen LogP contribution is -2.43. The number of hydrogen-bond donors (Lipinski definition) is 0. The Labute approximate surface area is 140 Å². The maximum absolute atomic E-state index is 11.9. The monoisotopic (exact) mass is 324 g/mol. The molecule has 4 nitrogen and oxygen atoms in total. The predicted octanol–water partition coefficient (Wildman–Crippen LogP) is 3.85. The Morgan fingerprint density at radius 2 is 1.48 bits per heavy atom. The number of ketones is 2. The van der Waals surface area contributed by atoms with Gasteiger partial charge in [-0.05, 0) is 39.5 Å². The third-order valence-corrected chi connectivity index (χ3v) is 6.04. The Balaban J connectivity index is 1.97. The molecule has 0 aromatic rings. The van der Waals surface area contributed by atoms with Gasteiger partial charge in [-0.1, -0.05) is 13.8 Å². The van der Waals surface area contributed by atoms with Crippen LogP contribution in [0.4, 0.5) is 0 Å². The third kappa shape index (κ3) is 4.42. The summed E-state index contributed by atoms with van der Waals surface area (Å²) in [5.41, 5.74) is -0.273. The fourth-order valence-electron chi connectivity index (χ4n) is 3.52. The first kappa shape index (κ1) is 18.6. The average Bonchev–Trinajstić information content (AvgIpc) is 3.15. The molecular weight excluding hydrogens is 292 g/mol. The lowest BCUT2D eigenvalue weighted by molar-refractivity contribution is -0.120. The molecule has 0 aliphatic carbocycles. The number of fused-ring (bicyclic) bond motifs is 1. The highest BCUT2D eigenvalue weighted by Crippen LogP contribution is 2.54. The topological polar surface area (TPSA) is 55.9 Å². The molecule has 0 spiro atoms. The molecule has 3 atom stereocenters. The molecule has 0 amide bonds. The number of Topliss-reactive ketones (excluding diaryl/α,β-unsaturated/α-hetero) is 2. The van der Waals surface area contributed by atoms with Crippen LogP contribution in [0.5, 0.6) is 0 Å². The largest absolute Gasteiger partial charge is 0.378 e. The summed E-state index contributed by atoms with van der Waals surface area (Å²) in [6, 6.07) is 0. The summed E-state index contributed by atoms with van der Waals surface area (Å²) in [5, 5.41) is 0. The minimum absolute atomic E-state index is 0.0714. The van der Waals surface area contributed by atoms with Crippen LogP contribution in [0.25, 0.3) is 0 Å². The van der Waals surface area contributed by atoms with E-state index in [1.807, 2.05) is 0 Å². The van der Waals surface area contributed by atoms with Crippen molar-refractivity contribution in [1.82, 2.24) is 0 Å². The van der Waals surface area contributed by atoms with E-state index in [1.54, 1.807) is 0 Å². The average molecular weight is 324 g/mol. The van der Waals surface area contributed by atoms with Gasteiger partial charge in [-0.2, -0.15) is 0 Å². The maximum Gasteiger partial charge on any atom is 0.133 e. The molecule has 2 aliphatic heterocycles. The molecule has 0 radical (unpaired) electrons. The van der Waals surface area contributed by atoms with E-state index >= 15 is 0 Å². The maximum atomic E-state index is 11.9. The van der Waals surface area contributed by atoms with Crippen LogP contribution in [0.1, 0.15) is 79.1 Å². The first-order chi connectivity index (χ1) is 10.8. The molecule has 0 aromatic heterocycles. The molecule has 0 bridgehead atoms.